The molecule has 0 radical (unpaired) electrons. The fraction of sp³-hybridized carbons (Fsp3) is 0.462. The third-order valence-corrected chi connectivity index (χ3v) is 3.70. The Balaban J connectivity index is 2.53. The van der Waals surface area contributed by atoms with Crippen LogP contribution >= 0.6 is 0 Å². The Bertz CT molecular complexity index is 631. The van der Waals surface area contributed by atoms with E-state index in [0.717, 1.165) is 17.0 Å². The van der Waals surface area contributed by atoms with Crippen LogP contribution in [0.25, 0.3) is 5.69 Å². The van der Waals surface area contributed by atoms with E-state index in [1.165, 1.54) is 10.7 Å². The third kappa shape index (κ3) is 2.90. The zero-order valence-corrected chi connectivity index (χ0v) is 12.2. The van der Waals surface area contributed by atoms with Gasteiger partial charge in [-0.25, -0.2) is 0 Å². The number of nitrogens with one attached hydrogen (secondary N) is 1. The molecule has 21 heavy (non-hydrogen) atoms. The minimum atomic E-state index is -4.40. The van der Waals surface area contributed by atoms with E-state index in [4.69, 9.17) is 0 Å². The van der Waals surface area contributed by atoms with Gasteiger partial charge in [-0.15, -0.1) is 5.10 Å². The van der Waals surface area contributed by atoms with Crippen LogP contribution < -0.4 is 4.90 Å². The summed E-state index contributed by atoms with van der Waals surface area (Å²) in [5, 5.41) is 11.4. The molecule has 0 aliphatic heterocycles. The molecule has 0 aliphatic carbocycles. The first-order valence-corrected chi connectivity index (χ1v) is 6.41. The lowest BCUT2D eigenvalue weighted by molar-refractivity contribution is -0.920. The summed E-state index contributed by atoms with van der Waals surface area (Å²) in [6.07, 6.45) is -4.40. The standard InChI is InChI=1S/C13H16F3N5/c1-12(2,20(3)4)11-17-18-19-21(11)10-7-5-6-9(8-10)13(14,15)16/h5-8H,1-4H3/p+1. The maximum Gasteiger partial charge on any atom is 0.416 e. The molecule has 1 N–H and O–H groups in total. The molecule has 1 aromatic heterocycles. The Hall–Kier alpha value is -1.96. The van der Waals surface area contributed by atoms with Crippen LogP contribution in [0, 0.1) is 0 Å². The van der Waals surface area contributed by atoms with E-state index in [1.807, 2.05) is 27.9 Å². The maximum atomic E-state index is 12.8. The van der Waals surface area contributed by atoms with E-state index >= 15 is 0 Å². The Morgan fingerprint density at radius 1 is 1.14 bits per heavy atom. The molecule has 114 valence electrons. The van der Waals surface area contributed by atoms with Gasteiger partial charge >= 0.3 is 6.18 Å². The largest absolute Gasteiger partial charge is 0.416 e. The van der Waals surface area contributed by atoms with Crippen molar-refractivity contribution < 1.29 is 18.1 Å². The number of nitrogens with zero attached hydrogens (tertiary/aromatic N) is 4. The summed E-state index contributed by atoms with van der Waals surface area (Å²) in [6, 6.07) is 4.96. The van der Waals surface area contributed by atoms with Crippen molar-refractivity contribution in [1.82, 2.24) is 20.2 Å². The second-order valence-electron chi connectivity index (χ2n) is 5.59. The first-order valence-electron chi connectivity index (χ1n) is 6.41. The van der Waals surface area contributed by atoms with Crippen molar-refractivity contribution in [3.63, 3.8) is 0 Å². The third-order valence-electron chi connectivity index (χ3n) is 3.70. The molecule has 5 nitrogen and oxygen atoms in total. The molecule has 0 spiro atoms. The number of alkyl halides is 3. The molecule has 2 rings (SSSR count). The van der Waals surface area contributed by atoms with E-state index in [1.54, 1.807) is 6.07 Å². The summed E-state index contributed by atoms with van der Waals surface area (Å²) in [4.78, 5) is 1.06. The highest BCUT2D eigenvalue weighted by molar-refractivity contribution is 5.37. The summed E-state index contributed by atoms with van der Waals surface area (Å²) in [6.45, 7) is 3.86. The average Bonchev–Trinajstić information content (AvgIpc) is 2.87. The number of halogens is 3. The maximum absolute atomic E-state index is 12.8. The molecule has 8 heteroatoms. The molecule has 0 unspecified atom stereocenters. The molecular weight excluding hydrogens is 283 g/mol. The van der Waals surface area contributed by atoms with Gasteiger partial charge in [-0.2, -0.15) is 17.9 Å². The quantitative estimate of drug-likeness (QED) is 0.922. The average molecular weight is 300 g/mol. The molecule has 2 aromatic rings. The van der Waals surface area contributed by atoms with Gasteiger partial charge in [-0.3, -0.25) is 0 Å². The Labute approximate surface area is 120 Å². The number of benzene rings is 1. The molecule has 0 bridgehead atoms. The molecule has 0 saturated heterocycles. The lowest BCUT2D eigenvalue weighted by Gasteiger charge is -2.27. The number of tetrazole rings is 1. The van der Waals surface area contributed by atoms with Crippen molar-refractivity contribution in [1.29, 1.82) is 0 Å². The topological polar surface area (TPSA) is 48.0 Å². The number of aromatic nitrogens is 4. The number of quaternary nitrogens is 1. The molecule has 0 aliphatic rings. The SMILES string of the molecule is C[NH+](C)C(C)(C)c1nnnn1-c1cccc(C(F)(F)F)c1. The zero-order chi connectivity index (χ0) is 15.8. The van der Waals surface area contributed by atoms with Crippen LogP contribution in [-0.4, -0.2) is 34.3 Å². The van der Waals surface area contributed by atoms with Gasteiger partial charge in [0.25, 0.3) is 0 Å². The van der Waals surface area contributed by atoms with E-state index < -0.39 is 17.3 Å². The van der Waals surface area contributed by atoms with Gasteiger partial charge in [0, 0.05) is 0 Å². The molecule has 0 atom stereocenters. The first-order chi connectivity index (χ1) is 9.64. The van der Waals surface area contributed by atoms with Gasteiger partial charge in [0.05, 0.1) is 25.3 Å². The molecular formula is C13H17F3N5+. The Morgan fingerprint density at radius 2 is 1.81 bits per heavy atom. The Morgan fingerprint density at radius 3 is 2.38 bits per heavy atom. The van der Waals surface area contributed by atoms with Crippen LogP contribution in [0.2, 0.25) is 0 Å². The van der Waals surface area contributed by atoms with E-state index in [0.29, 0.717) is 11.5 Å². The number of rotatable bonds is 3. The summed E-state index contributed by atoms with van der Waals surface area (Å²) in [5.41, 5.74) is -0.881. The summed E-state index contributed by atoms with van der Waals surface area (Å²) < 4.78 is 39.8. The van der Waals surface area contributed by atoms with Crippen molar-refractivity contribution in [3.8, 4) is 5.69 Å². The highest BCUT2D eigenvalue weighted by atomic mass is 19.4. The van der Waals surface area contributed by atoms with Crippen molar-refractivity contribution in [2.24, 2.45) is 0 Å². The fourth-order valence-corrected chi connectivity index (χ4v) is 1.79. The number of hydrogen-bond donors (Lipinski definition) is 1. The lowest BCUT2D eigenvalue weighted by Crippen LogP contribution is -3.12. The van der Waals surface area contributed by atoms with Gasteiger partial charge < -0.3 is 4.90 Å². The minimum absolute atomic E-state index is 0.291. The smallest absolute Gasteiger partial charge is 0.329 e. The van der Waals surface area contributed by atoms with Crippen LogP contribution in [0.4, 0.5) is 13.2 Å². The second kappa shape index (κ2) is 5.10. The molecule has 1 heterocycles. The minimum Gasteiger partial charge on any atom is -0.329 e. The van der Waals surface area contributed by atoms with Gasteiger partial charge in [0.1, 0.15) is 0 Å². The summed E-state index contributed by atoms with van der Waals surface area (Å²) in [7, 11) is 3.87. The first kappa shape index (κ1) is 15.4. The van der Waals surface area contributed by atoms with Crippen molar-refractivity contribution >= 4 is 0 Å². The van der Waals surface area contributed by atoms with Crippen LogP contribution in [0.15, 0.2) is 24.3 Å². The normalized spacial score (nSPS) is 13.0. The van der Waals surface area contributed by atoms with E-state index in [9.17, 15) is 13.2 Å². The van der Waals surface area contributed by atoms with E-state index in [2.05, 4.69) is 15.5 Å². The predicted octanol–water partition coefficient (Wildman–Crippen LogP) is 1.06. The van der Waals surface area contributed by atoms with Gasteiger partial charge in [0.2, 0.25) is 5.82 Å². The summed E-state index contributed by atoms with van der Waals surface area (Å²) in [5.74, 6) is 0.502. The van der Waals surface area contributed by atoms with Gasteiger partial charge in [-0.1, -0.05) is 6.07 Å². The summed E-state index contributed by atoms with van der Waals surface area (Å²) >= 11 is 0. The van der Waals surface area contributed by atoms with Crippen LogP contribution in [-0.2, 0) is 11.7 Å². The highest BCUT2D eigenvalue weighted by Crippen LogP contribution is 2.30. The second-order valence-corrected chi connectivity index (χ2v) is 5.59. The monoisotopic (exact) mass is 300 g/mol. The zero-order valence-electron chi connectivity index (χ0n) is 12.2. The predicted molar refractivity (Wildman–Crippen MR) is 70.0 cm³/mol. The van der Waals surface area contributed by atoms with Crippen LogP contribution in [0.5, 0.6) is 0 Å². The Kier molecular flexibility index (Phi) is 3.75. The van der Waals surface area contributed by atoms with Crippen LogP contribution in [0.3, 0.4) is 0 Å². The van der Waals surface area contributed by atoms with Gasteiger partial charge in [-0.05, 0) is 42.5 Å². The van der Waals surface area contributed by atoms with Crippen molar-refractivity contribution in [2.75, 3.05) is 14.1 Å². The molecule has 1 aromatic carbocycles. The van der Waals surface area contributed by atoms with Crippen LogP contribution in [0.1, 0.15) is 25.2 Å². The molecule has 0 fully saturated rings. The lowest BCUT2D eigenvalue weighted by atomic mass is 10.0. The fourth-order valence-electron chi connectivity index (χ4n) is 1.79. The molecule has 0 saturated carbocycles. The number of hydrogen-bond acceptors (Lipinski definition) is 3. The van der Waals surface area contributed by atoms with Gasteiger partial charge in [0.15, 0.2) is 5.54 Å². The van der Waals surface area contributed by atoms with E-state index in [-0.39, 0.29) is 0 Å². The van der Waals surface area contributed by atoms with Crippen molar-refractivity contribution in [2.45, 2.75) is 25.6 Å². The van der Waals surface area contributed by atoms with Crippen molar-refractivity contribution in [3.05, 3.63) is 35.7 Å². The molecule has 0 amide bonds. The highest BCUT2D eigenvalue weighted by Gasteiger charge is 2.35.